The number of amides is 1. The molecule has 2 heterocycles. The Kier molecular flexibility index (Phi) is 11.0. The van der Waals surface area contributed by atoms with Gasteiger partial charge in [0.05, 0.1) is 12.7 Å². The Morgan fingerprint density at radius 1 is 1.36 bits per heavy atom. The first-order chi connectivity index (χ1) is 11.1. The van der Waals surface area contributed by atoms with E-state index in [0.29, 0.717) is 24.6 Å². The van der Waals surface area contributed by atoms with Crippen molar-refractivity contribution in [3.63, 3.8) is 0 Å². The Hall–Kier alpha value is -1.08. The molecular weight excluding hydrogens is 365 g/mol. The van der Waals surface area contributed by atoms with Gasteiger partial charge in [0.15, 0.2) is 11.4 Å². The molecule has 0 unspecified atom stereocenters. The van der Waals surface area contributed by atoms with Crippen LogP contribution < -0.4 is 15.4 Å². The predicted octanol–water partition coefficient (Wildman–Crippen LogP) is 2.46. The maximum atomic E-state index is 12.5. The molecule has 2 N–H and O–H groups in total. The third kappa shape index (κ3) is 6.98. The van der Waals surface area contributed by atoms with Crippen LogP contribution in [0, 0.1) is 5.41 Å². The first-order valence-electron chi connectivity index (χ1n) is 8.16. The summed E-state index contributed by atoms with van der Waals surface area (Å²) in [5.41, 5.74) is 0.325. The van der Waals surface area contributed by atoms with Crippen molar-refractivity contribution in [1.29, 1.82) is 0 Å². The van der Waals surface area contributed by atoms with E-state index in [-0.39, 0.29) is 42.2 Å². The molecule has 1 saturated heterocycles. The molecule has 2 rings (SSSR count). The zero-order valence-corrected chi connectivity index (χ0v) is 16.7. The van der Waals surface area contributed by atoms with Gasteiger partial charge in [-0.15, -0.1) is 24.8 Å². The van der Waals surface area contributed by atoms with E-state index in [2.05, 4.69) is 15.6 Å². The van der Waals surface area contributed by atoms with Gasteiger partial charge in [-0.1, -0.05) is 0 Å². The van der Waals surface area contributed by atoms with Crippen molar-refractivity contribution >= 4 is 30.7 Å². The van der Waals surface area contributed by atoms with Crippen molar-refractivity contribution in [3.8, 4) is 5.75 Å². The number of halogens is 2. The van der Waals surface area contributed by atoms with E-state index in [9.17, 15) is 4.79 Å². The molecule has 1 fully saturated rings. The molecule has 0 saturated carbocycles. The van der Waals surface area contributed by atoms with E-state index in [4.69, 9.17) is 9.47 Å². The number of nitrogens with zero attached hydrogens (tertiary/aromatic N) is 1. The van der Waals surface area contributed by atoms with Gasteiger partial charge in [0.25, 0.3) is 5.91 Å². The summed E-state index contributed by atoms with van der Waals surface area (Å²) in [4.78, 5) is 16.7. The molecule has 25 heavy (non-hydrogen) atoms. The van der Waals surface area contributed by atoms with Crippen LogP contribution in [0.4, 0.5) is 0 Å². The molecule has 6 nitrogen and oxygen atoms in total. The summed E-state index contributed by atoms with van der Waals surface area (Å²) >= 11 is 0. The van der Waals surface area contributed by atoms with Crippen molar-refractivity contribution in [2.45, 2.75) is 32.8 Å². The fourth-order valence-corrected chi connectivity index (χ4v) is 2.90. The Morgan fingerprint density at radius 3 is 2.64 bits per heavy atom. The lowest BCUT2D eigenvalue weighted by atomic mass is 9.79. The van der Waals surface area contributed by atoms with Crippen LogP contribution in [0.15, 0.2) is 18.3 Å². The molecule has 0 atom stereocenters. The van der Waals surface area contributed by atoms with E-state index in [1.807, 2.05) is 13.8 Å². The highest BCUT2D eigenvalue weighted by molar-refractivity contribution is 5.94. The second-order valence-electron chi connectivity index (χ2n) is 6.38. The molecule has 0 bridgehead atoms. The van der Waals surface area contributed by atoms with Gasteiger partial charge in [-0.3, -0.25) is 4.79 Å². The molecule has 1 aromatic heterocycles. The zero-order valence-electron chi connectivity index (χ0n) is 15.0. The summed E-state index contributed by atoms with van der Waals surface area (Å²) < 4.78 is 11.1. The van der Waals surface area contributed by atoms with Gasteiger partial charge in [0.1, 0.15) is 0 Å². The lowest BCUT2D eigenvalue weighted by Gasteiger charge is -2.37. The minimum atomic E-state index is -0.199. The zero-order chi connectivity index (χ0) is 16.7. The van der Waals surface area contributed by atoms with Crippen molar-refractivity contribution in [3.05, 3.63) is 24.0 Å². The molecule has 8 heteroatoms. The van der Waals surface area contributed by atoms with Gasteiger partial charge in [0, 0.05) is 25.3 Å². The van der Waals surface area contributed by atoms with Crippen molar-refractivity contribution in [2.75, 3.05) is 33.4 Å². The first-order valence-corrected chi connectivity index (χ1v) is 8.16. The average Bonchev–Trinajstić information content (AvgIpc) is 2.54. The van der Waals surface area contributed by atoms with Crippen LogP contribution in [-0.2, 0) is 4.74 Å². The average molecular weight is 394 g/mol. The standard InChI is InChI=1S/C17H27N3O3.2ClH/c1-13(2)23-14-5-4-8-19-15(14)16(21)20-11-17(12-22-3)6-9-18-10-7-17;;/h4-5,8,13,18H,6-7,9-12H2,1-3H3,(H,20,21);2*1H. The number of nitrogens with one attached hydrogen (secondary N) is 2. The molecule has 1 aliphatic heterocycles. The second-order valence-corrected chi connectivity index (χ2v) is 6.38. The molecule has 0 aliphatic carbocycles. The highest BCUT2D eigenvalue weighted by Gasteiger charge is 2.33. The van der Waals surface area contributed by atoms with Crippen LogP contribution in [0.3, 0.4) is 0 Å². The fraction of sp³-hybridized carbons (Fsp3) is 0.647. The van der Waals surface area contributed by atoms with Crippen LogP contribution >= 0.6 is 24.8 Å². The number of pyridine rings is 1. The van der Waals surface area contributed by atoms with E-state index in [1.54, 1.807) is 25.4 Å². The summed E-state index contributed by atoms with van der Waals surface area (Å²) in [6.07, 6.45) is 3.57. The normalized spacial score (nSPS) is 15.7. The summed E-state index contributed by atoms with van der Waals surface area (Å²) in [7, 11) is 1.71. The summed E-state index contributed by atoms with van der Waals surface area (Å²) in [5.74, 6) is 0.321. The van der Waals surface area contributed by atoms with Crippen LogP contribution in [0.1, 0.15) is 37.2 Å². The van der Waals surface area contributed by atoms with Crippen LogP contribution in [0.5, 0.6) is 5.75 Å². The Balaban J connectivity index is 0.00000288. The maximum absolute atomic E-state index is 12.5. The highest BCUT2D eigenvalue weighted by Crippen LogP contribution is 2.28. The Morgan fingerprint density at radius 2 is 2.04 bits per heavy atom. The SMILES string of the molecule is COCC1(CNC(=O)c2ncccc2OC(C)C)CCNCC1.Cl.Cl. The van der Waals surface area contributed by atoms with Crippen molar-refractivity contribution < 1.29 is 14.3 Å². The quantitative estimate of drug-likeness (QED) is 0.744. The van der Waals surface area contributed by atoms with E-state index < -0.39 is 0 Å². The minimum Gasteiger partial charge on any atom is -0.489 e. The monoisotopic (exact) mass is 393 g/mol. The van der Waals surface area contributed by atoms with Gasteiger partial charge in [-0.05, 0) is 51.9 Å². The van der Waals surface area contributed by atoms with Crippen molar-refractivity contribution in [1.82, 2.24) is 15.6 Å². The molecule has 0 aromatic carbocycles. The van der Waals surface area contributed by atoms with E-state index >= 15 is 0 Å². The van der Waals surface area contributed by atoms with Gasteiger partial charge in [-0.2, -0.15) is 0 Å². The number of aromatic nitrogens is 1. The number of rotatable bonds is 7. The van der Waals surface area contributed by atoms with Crippen molar-refractivity contribution in [2.24, 2.45) is 5.41 Å². The number of ether oxygens (including phenoxy) is 2. The van der Waals surface area contributed by atoms with E-state index in [1.165, 1.54) is 0 Å². The molecule has 144 valence electrons. The van der Waals surface area contributed by atoms with Crippen LogP contribution in [0.25, 0.3) is 0 Å². The highest BCUT2D eigenvalue weighted by atomic mass is 35.5. The fourth-order valence-electron chi connectivity index (χ4n) is 2.90. The molecule has 0 spiro atoms. The second kappa shape index (κ2) is 11.5. The van der Waals surface area contributed by atoms with Crippen LogP contribution in [-0.4, -0.2) is 50.3 Å². The third-order valence-electron chi connectivity index (χ3n) is 4.09. The Labute approximate surface area is 162 Å². The maximum Gasteiger partial charge on any atom is 0.273 e. The Bertz CT molecular complexity index is 518. The first kappa shape index (κ1) is 23.9. The topological polar surface area (TPSA) is 72.5 Å². The number of carbonyl (C=O) groups is 1. The van der Waals surface area contributed by atoms with Gasteiger partial charge in [0.2, 0.25) is 0 Å². The number of piperidine rings is 1. The summed E-state index contributed by atoms with van der Waals surface area (Å²) in [6, 6.07) is 3.55. The number of carbonyl (C=O) groups excluding carboxylic acids is 1. The summed E-state index contributed by atoms with van der Waals surface area (Å²) in [6.45, 7) is 6.98. The number of hydrogen-bond acceptors (Lipinski definition) is 5. The lowest BCUT2D eigenvalue weighted by molar-refractivity contribution is 0.0509. The smallest absolute Gasteiger partial charge is 0.273 e. The lowest BCUT2D eigenvalue weighted by Crippen LogP contribution is -2.47. The summed E-state index contributed by atoms with van der Waals surface area (Å²) in [5, 5.41) is 6.37. The predicted molar refractivity (Wildman–Crippen MR) is 103 cm³/mol. The number of hydrogen-bond donors (Lipinski definition) is 2. The van der Waals surface area contributed by atoms with Gasteiger partial charge < -0.3 is 20.1 Å². The molecular formula is C17H29Cl2N3O3. The third-order valence-corrected chi connectivity index (χ3v) is 4.09. The molecule has 1 aliphatic rings. The molecule has 1 aromatic rings. The molecule has 1 amide bonds. The van der Waals surface area contributed by atoms with Gasteiger partial charge >= 0.3 is 0 Å². The minimum absolute atomic E-state index is 0. The van der Waals surface area contributed by atoms with Gasteiger partial charge in [-0.25, -0.2) is 4.98 Å². The number of methoxy groups -OCH3 is 1. The molecule has 0 radical (unpaired) electrons. The van der Waals surface area contributed by atoms with Crippen LogP contribution in [0.2, 0.25) is 0 Å². The van der Waals surface area contributed by atoms with E-state index in [0.717, 1.165) is 25.9 Å². The largest absolute Gasteiger partial charge is 0.489 e.